The Bertz CT molecular complexity index is 857. The van der Waals surface area contributed by atoms with Crippen LogP contribution in [0.25, 0.3) is 10.9 Å². The number of morpholine rings is 1. The van der Waals surface area contributed by atoms with Gasteiger partial charge in [-0.1, -0.05) is 6.07 Å². The van der Waals surface area contributed by atoms with Crippen LogP contribution in [0.15, 0.2) is 42.9 Å². The monoisotopic (exact) mass is 322 g/mol. The van der Waals surface area contributed by atoms with E-state index in [4.69, 9.17) is 10.5 Å². The predicted molar refractivity (Wildman–Crippen MR) is 94.5 cm³/mol. The lowest BCUT2D eigenvalue weighted by Gasteiger charge is -2.29. The molecule has 24 heavy (non-hydrogen) atoms. The second-order valence-corrected chi connectivity index (χ2v) is 5.56. The topological polar surface area (TPSA) is 89.2 Å². The van der Waals surface area contributed by atoms with Crippen molar-refractivity contribution in [1.29, 1.82) is 0 Å². The predicted octanol–water partition coefficient (Wildman–Crippen LogP) is 2.19. The van der Waals surface area contributed by atoms with Gasteiger partial charge in [0.05, 0.1) is 18.7 Å². The lowest BCUT2D eigenvalue weighted by molar-refractivity contribution is 0.122. The van der Waals surface area contributed by atoms with Gasteiger partial charge in [-0.15, -0.1) is 0 Å². The van der Waals surface area contributed by atoms with Gasteiger partial charge in [0, 0.05) is 30.4 Å². The summed E-state index contributed by atoms with van der Waals surface area (Å²) >= 11 is 0. The average Bonchev–Trinajstić information content (AvgIpc) is 2.64. The van der Waals surface area contributed by atoms with Crippen LogP contribution in [0.1, 0.15) is 0 Å². The Kier molecular flexibility index (Phi) is 3.84. The molecule has 1 aromatic carbocycles. The zero-order valence-electron chi connectivity index (χ0n) is 13.1. The minimum atomic E-state index is 0.542. The number of hydrogen-bond acceptors (Lipinski definition) is 7. The van der Waals surface area contributed by atoms with E-state index in [0.717, 1.165) is 35.5 Å². The number of rotatable bonds is 3. The second-order valence-electron chi connectivity index (χ2n) is 5.56. The number of nitrogen functional groups attached to an aromatic ring is 1. The highest BCUT2D eigenvalue weighted by Crippen LogP contribution is 2.31. The van der Waals surface area contributed by atoms with Crippen LogP contribution in [0.2, 0.25) is 0 Å². The number of nitrogens with zero attached hydrogens (tertiary/aromatic N) is 4. The molecule has 0 saturated carbocycles. The molecule has 0 aliphatic carbocycles. The molecule has 4 rings (SSSR count). The number of hydrogen-bond donors (Lipinski definition) is 2. The Morgan fingerprint density at radius 2 is 1.92 bits per heavy atom. The van der Waals surface area contributed by atoms with Gasteiger partial charge >= 0.3 is 0 Å². The summed E-state index contributed by atoms with van der Waals surface area (Å²) in [5, 5.41) is 4.34. The first-order valence-corrected chi connectivity index (χ1v) is 7.87. The van der Waals surface area contributed by atoms with Crippen molar-refractivity contribution >= 4 is 33.9 Å². The Hall–Kier alpha value is -2.93. The minimum absolute atomic E-state index is 0.542. The maximum Gasteiger partial charge on any atom is 0.159 e. The van der Waals surface area contributed by atoms with Gasteiger partial charge in [0.2, 0.25) is 0 Å². The molecule has 1 aliphatic rings. The van der Waals surface area contributed by atoms with Gasteiger partial charge in [0.1, 0.15) is 12.0 Å². The third-order valence-electron chi connectivity index (χ3n) is 4.07. The largest absolute Gasteiger partial charge is 0.393 e. The molecular formula is C17H18N6O. The highest BCUT2D eigenvalue weighted by Gasteiger charge is 2.18. The number of fused-ring (bicyclic) bond motifs is 1. The van der Waals surface area contributed by atoms with E-state index in [1.54, 1.807) is 6.20 Å². The van der Waals surface area contributed by atoms with Gasteiger partial charge in [-0.2, -0.15) is 0 Å². The van der Waals surface area contributed by atoms with Crippen LogP contribution in [0, 0.1) is 0 Å². The average molecular weight is 322 g/mol. The van der Waals surface area contributed by atoms with Gasteiger partial charge in [-0.3, -0.25) is 4.98 Å². The minimum Gasteiger partial charge on any atom is -0.393 e. The van der Waals surface area contributed by atoms with Crippen molar-refractivity contribution < 1.29 is 4.74 Å². The summed E-state index contributed by atoms with van der Waals surface area (Å²) in [6, 6.07) is 9.85. The van der Waals surface area contributed by atoms with Crippen LogP contribution < -0.4 is 16.0 Å². The lowest BCUT2D eigenvalue weighted by atomic mass is 10.2. The fourth-order valence-corrected chi connectivity index (χ4v) is 2.85. The van der Waals surface area contributed by atoms with Crippen molar-refractivity contribution in [3.05, 3.63) is 42.9 Å². The molecule has 3 N–H and O–H groups in total. The van der Waals surface area contributed by atoms with E-state index in [1.165, 1.54) is 6.33 Å². The first kappa shape index (κ1) is 14.6. The molecule has 3 aromatic rings. The number of pyridine rings is 1. The van der Waals surface area contributed by atoms with Crippen LogP contribution in [-0.2, 0) is 4.74 Å². The van der Waals surface area contributed by atoms with Crippen LogP contribution in [0.5, 0.6) is 0 Å². The molecule has 0 bridgehead atoms. The molecule has 0 unspecified atom stereocenters. The fraction of sp³-hybridized carbons (Fsp3) is 0.235. The molecular weight excluding hydrogens is 304 g/mol. The van der Waals surface area contributed by atoms with Gasteiger partial charge in [-0.25, -0.2) is 9.97 Å². The lowest BCUT2D eigenvalue weighted by Crippen LogP contribution is -2.37. The number of nitrogens with one attached hydrogen (secondary N) is 1. The Morgan fingerprint density at radius 3 is 2.79 bits per heavy atom. The van der Waals surface area contributed by atoms with E-state index < -0.39 is 0 Å². The van der Waals surface area contributed by atoms with Crippen molar-refractivity contribution in [2.24, 2.45) is 0 Å². The smallest absolute Gasteiger partial charge is 0.159 e. The highest BCUT2D eigenvalue weighted by molar-refractivity contribution is 5.94. The summed E-state index contributed by atoms with van der Waals surface area (Å²) < 4.78 is 5.39. The standard InChI is InChI=1S/C17H18N6O/c18-15-16(20-11-21-17(15)23-7-9-24-10-8-23)22-14-5-1-4-13-12(14)3-2-6-19-13/h1-6,11H,7-10,18H2,(H,20,21,22). The number of anilines is 4. The molecule has 1 saturated heterocycles. The van der Waals surface area contributed by atoms with Crippen LogP contribution in [0.3, 0.4) is 0 Å². The summed E-state index contributed by atoms with van der Waals surface area (Å²) in [5.41, 5.74) is 8.70. The van der Waals surface area contributed by atoms with E-state index in [9.17, 15) is 0 Å². The summed E-state index contributed by atoms with van der Waals surface area (Å²) in [5.74, 6) is 1.34. The van der Waals surface area contributed by atoms with E-state index in [0.29, 0.717) is 24.7 Å². The molecule has 0 spiro atoms. The SMILES string of the molecule is Nc1c(Nc2cccc3ncccc23)ncnc1N1CCOCC1. The number of ether oxygens (including phenoxy) is 1. The number of aromatic nitrogens is 3. The summed E-state index contributed by atoms with van der Waals surface area (Å²) in [7, 11) is 0. The summed E-state index contributed by atoms with van der Waals surface area (Å²) in [6.45, 7) is 2.92. The number of nitrogens with two attached hydrogens (primary N) is 1. The van der Waals surface area contributed by atoms with E-state index in [1.807, 2.05) is 30.3 Å². The Balaban J connectivity index is 1.69. The highest BCUT2D eigenvalue weighted by atomic mass is 16.5. The summed E-state index contributed by atoms with van der Waals surface area (Å²) in [4.78, 5) is 15.2. The van der Waals surface area contributed by atoms with Gasteiger partial charge in [0.25, 0.3) is 0 Å². The Morgan fingerprint density at radius 1 is 1.04 bits per heavy atom. The molecule has 2 aromatic heterocycles. The third kappa shape index (κ3) is 2.69. The van der Waals surface area contributed by atoms with E-state index in [-0.39, 0.29) is 0 Å². The van der Waals surface area contributed by atoms with Crippen LogP contribution in [-0.4, -0.2) is 41.3 Å². The third-order valence-corrected chi connectivity index (χ3v) is 4.07. The molecule has 1 aliphatic heterocycles. The molecule has 122 valence electrons. The van der Waals surface area contributed by atoms with Gasteiger partial charge < -0.3 is 20.7 Å². The van der Waals surface area contributed by atoms with Crippen molar-refractivity contribution in [3.63, 3.8) is 0 Å². The van der Waals surface area contributed by atoms with Crippen molar-refractivity contribution in [1.82, 2.24) is 15.0 Å². The molecule has 0 amide bonds. The maximum atomic E-state index is 6.32. The summed E-state index contributed by atoms with van der Waals surface area (Å²) in [6.07, 6.45) is 3.31. The molecule has 0 atom stereocenters. The number of benzene rings is 1. The molecule has 7 heteroatoms. The maximum absolute atomic E-state index is 6.32. The second kappa shape index (κ2) is 6.29. The molecule has 3 heterocycles. The van der Waals surface area contributed by atoms with Crippen molar-refractivity contribution in [2.75, 3.05) is 42.3 Å². The van der Waals surface area contributed by atoms with Crippen LogP contribution in [0.4, 0.5) is 23.0 Å². The van der Waals surface area contributed by atoms with Crippen molar-refractivity contribution in [3.8, 4) is 0 Å². The van der Waals surface area contributed by atoms with Crippen LogP contribution >= 0.6 is 0 Å². The zero-order chi connectivity index (χ0) is 16.4. The molecule has 7 nitrogen and oxygen atoms in total. The van der Waals surface area contributed by atoms with Crippen molar-refractivity contribution in [2.45, 2.75) is 0 Å². The fourth-order valence-electron chi connectivity index (χ4n) is 2.85. The molecule has 1 fully saturated rings. The zero-order valence-corrected chi connectivity index (χ0v) is 13.1. The van der Waals surface area contributed by atoms with E-state index >= 15 is 0 Å². The first-order valence-electron chi connectivity index (χ1n) is 7.87. The van der Waals surface area contributed by atoms with Gasteiger partial charge in [-0.05, 0) is 24.3 Å². The quantitative estimate of drug-likeness (QED) is 0.764. The molecule has 0 radical (unpaired) electrons. The van der Waals surface area contributed by atoms with E-state index in [2.05, 4.69) is 25.2 Å². The van der Waals surface area contributed by atoms with Gasteiger partial charge in [0.15, 0.2) is 11.6 Å². The Labute approximate surface area is 139 Å². The first-order chi connectivity index (χ1) is 11.8. The normalized spacial score (nSPS) is 14.8.